The molecule has 1 amide bonds. The van der Waals surface area contributed by atoms with Gasteiger partial charge in [-0.25, -0.2) is 0 Å². The van der Waals surface area contributed by atoms with Gasteiger partial charge < -0.3 is 10.1 Å². The van der Waals surface area contributed by atoms with E-state index in [9.17, 15) is 4.79 Å². The molecule has 0 aromatic heterocycles. The molecular weight excluding hydrogens is 274 g/mol. The lowest BCUT2D eigenvalue weighted by atomic mass is 9.92. The minimum Gasteiger partial charge on any atom is -0.497 e. The summed E-state index contributed by atoms with van der Waals surface area (Å²) in [6.45, 7) is 2.11. The zero-order chi connectivity index (χ0) is 15.6. The summed E-state index contributed by atoms with van der Waals surface area (Å²) in [5.74, 6) is 1.01. The summed E-state index contributed by atoms with van der Waals surface area (Å²) in [5, 5.41) is 3.24. The van der Waals surface area contributed by atoms with E-state index in [1.54, 1.807) is 7.11 Å². The maximum atomic E-state index is 12.8. The largest absolute Gasteiger partial charge is 0.497 e. The maximum absolute atomic E-state index is 12.8. The van der Waals surface area contributed by atoms with Gasteiger partial charge in [0.25, 0.3) is 0 Å². The first-order valence-electron chi connectivity index (χ1n) is 8.30. The van der Waals surface area contributed by atoms with Crippen LogP contribution in [0.5, 0.6) is 5.75 Å². The highest BCUT2D eigenvalue weighted by Crippen LogP contribution is 2.48. The number of nitrogens with one attached hydrogen (secondary N) is 1. The van der Waals surface area contributed by atoms with Gasteiger partial charge in [0, 0.05) is 6.04 Å². The van der Waals surface area contributed by atoms with Gasteiger partial charge in [-0.1, -0.05) is 23.8 Å². The van der Waals surface area contributed by atoms with Crippen LogP contribution < -0.4 is 10.1 Å². The number of amides is 1. The van der Waals surface area contributed by atoms with Gasteiger partial charge >= 0.3 is 0 Å². The molecule has 0 spiro atoms. The first kappa shape index (κ1) is 15.1. The van der Waals surface area contributed by atoms with Crippen molar-refractivity contribution in [3.8, 4) is 5.75 Å². The van der Waals surface area contributed by atoms with E-state index in [1.165, 1.54) is 18.4 Å². The van der Waals surface area contributed by atoms with E-state index in [2.05, 4.69) is 18.3 Å². The molecule has 3 rings (SSSR count). The summed E-state index contributed by atoms with van der Waals surface area (Å²) in [5.41, 5.74) is 2.19. The Morgan fingerprint density at radius 2 is 1.95 bits per heavy atom. The highest BCUT2D eigenvalue weighted by molar-refractivity contribution is 5.91. The average Bonchev–Trinajstić information content (AvgIpc) is 3.37. The predicted molar refractivity (Wildman–Crippen MR) is 88.1 cm³/mol. The number of allylic oxidation sites excluding steroid dienone is 1. The van der Waals surface area contributed by atoms with E-state index >= 15 is 0 Å². The molecule has 0 heterocycles. The molecule has 0 saturated heterocycles. The number of rotatable bonds is 5. The minimum absolute atomic E-state index is 0.156. The van der Waals surface area contributed by atoms with Crippen LogP contribution in [0, 0.1) is 0 Å². The third kappa shape index (κ3) is 2.90. The van der Waals surface area contributed by atoms with Crippen molar-refractivity contribution >= 4 is 5.91 Å². The molecule has 0 radical (unpaired) electrons. The van der Waals surface area contributed by atoms with E-state index in [-0.39, 0.29) is 17.4 Å². The molecular formula is C19H25NO2. The Labute approximate surface area is 132 Å². The molecule has 3 heteroatoms. The molecule has 1 aromatic rings. The van der Waals surface area contributed by atoms with Crippen LogP contribution in [0.15, 0.2) is 35.9 Å². The molecule has 1 aromatic carbocycles. The summed E-state index contributed by atoms with van der Waals surface area (Å²) in [6.07, 6.45) is 8.99. The standard InChI is InChI=1S/C19H25NO2/c1-14(15-6-4-3-5-7-15)20-18(21)19(12-13-19)16-8-10-17(22-2)11-9-16/h6,8-11,14H,3-5,7,12-13H2,1-2H3,(H,20,21)/t14-/m0/s1. The molecule has 2 aliphatic carbocycles. The van der Waals surface area contributed by atoms with Crippen LogP contribution in [0.2, 0.25) is 0 Å². The van der Waals surface area contributed by atoms with E-state index in [1.807, 2.05) is 24.3 Å². The number of carbonyl (C=O) groups excluding carboxylic acids is 1. The van der Waals surface area contributed by atoms with Crippen molar-refractivity contribution in [2.75, 3.05) is 7.11 Å². The number of ether oxygens (including phenoxy) is 1. The Bertz CT molecular complexity index is 570. The number of hydrogen-bond acceptors (Lipinski definition) is 2. The van der Waals surface area contributed by atoms with Crippen molar-refractivity contribution < 1.29 is 9.53 Å². The topological polar surface area (TPSA) is 38.3 Å². The number of methoxy groups -OCH3 is 1. The molecule has 1 saturated carbocycles. The van der Waals surface area contributed by atoms with Crippen LogP contribution in [0.25, 0.3) is 0 Å². The number of hydrogen-bond donors (Lipinski definition) is 1. The van der Waals surface area contributed by atoms with Gasteiger partial charge in [-0.3, -0.25) is 4.79 Å². The van der Waals surface area contributed by atoms with Crippen molar-refractivity contribution in [3.63, 3.8) is 0 Å². The molecule has 0 bridgehead atoms. The Hall–Kier alpha value is -1.77. The molecule has 1 atom stereocenters. The first-order chi connectivity index (χ1) is 10.7. The van der Waals surface area contributed by atoms with Crippen LogP contribution in [0.4, 0.5) is 0 Å². The molecule has 22 heavy (non-hydrogen) atoms. The van der Waals surface area contributed by atoms with Crippen LogP contribution in [-0.2, 0) is 10.2 Å². The summed E-state index contributed by atoms with van der Waals surface area (Å²) in [6, 6.07) is 8.08. The second-order valence-corrected chi connectivity index (χ2v) is 6.53. The molecule has 0 aliphatic heterocycles. The maximum Gasteiger partial charge on any atom is 0.231 e. The number of benzene rings is 1. The summed E-state index contributed by atoms with van der Waals surface area (Å²) >= 11 is 0. The van der Waals surface area contributed by atoms with Gasteiger partial charge in [0.2, 0.25) is 5.91 Å². The quantitative estimate of drug-likeness (QED) is 0.841. The minimum atomic E-state index is -0.310. The lowest BCUT2D eigenvalue weighted by Crippen LogP contribution is -2.41. The zero-order valence-electron chi connectivity index (χ0n) is 13.5. The molecule has 0 unspecified atom stereocenters. The Kier molecular flexibility index (Phi) is 4.23. The van der Waals surface area contributed by atoms with Crippen LogP contribution >= 0.6 is 0 Å². The van der Waals surface area contributed by atoms with Crippen molar-refractivity contribution in [2.45, 2.75) is 56.9 Å². The lowest BCUT2D eigenvalue weighted by Gasteiger charge is -2.24. The molecule has 1 N–H and O–H groups in total. The third-order valence-corrected chi connectivity index (χ3v) is 5.06. The van der Waals surface area contributed by atoms with Crippen LogP contribution in [-0.4, -0.2) is 19.1 Å². The van der Waals surface area contributed by atoms with Gasteiger partial charge in [-0.15, -0.1) is 0 Å². The van der Waals surface area contributed by atoms with Crippen molar-refractivity contribution in [2.24, 2.45) is 0 Å². The second-order valence-electron chi connectivity index (χ2n) is 6.53. The SMILES string of the molecule is COc1ccc(C2(C(=O)N[C@@H](C)C3=CCCCC3)CC2)cc1. The normalized spacial score (nSPS) is 20.7. The van der Waals surface area contributed by atoms with Gasteiger partial charge in [-0.05, 0) is 63.1 Å². The van der Waals surface area contributed by atoms with Crippen molar-refractivity contribution in [1.29, 1.82) is 0 Å². The third-order valence-electron chi connectivity index (χ3n) is 5.06. The molecule has 2 aliphatic rings. The molecule has 1 fully saturated rings. The Morgan fingerprint density at radius 1 is 1.23 bits per heavy atom. The first-order valence-corrected chi connectivity index (χ1v) is 8.30. The monoisotopic (exact) mass is 299 g/mol. The van der Waals surface area contributed by atoms with E-state index < -0.39 is 0 Å². The fourth-order valence-electron chi connectivity index (χ4n) is 3.37. The summed E-state index contributed by atoms with van der Waals surface area (Å²) < 4.78 is 5.20. The summed E-state index contributed by atoms with van der Waals surface area (Å²) in [7, 11) is 1.66. The molecule has 3 nitrogen and oxygen atoms in total. The average molecular weight is 299 g/mol. The Balaban J connectivity index is 1.69. The van der Waals surface area contributed by atoms with Crippen LogP contribution in [0.3, 0.4) is 0 Å². The Morgan fingerprint density at radius 3 is 2.50 bits per heavy atom. The highest BCUT2D eigenvalue weighted by Gasteiger charge is 2.51. The van der Waals surface area contributed by atoms with Crippen molar-refractivity contribution in [3.05, 3.63) is 41.5 Å². The van der Waals surface area contributed by atoms with E-state index in [4.69, 9.17) is 4.74 Å². The van der Waals surface area contributed by atoms with Crippen molar-refractivity contribution in [1.82, 2.24) is 5.32 Å². The van der Waals surface area contributed by atoms with Gasteiger partial charge in [0.1, 0.15) is 5.75 Å². The van der Waals surface area contributed by atoms with Gasteiger partial charge in [0.15, 0.2) is 0 Å². The van der Waals surface area contributed by atoms with Gasteiger partial charge in [0.05, 0.1) is 12.5 Å². The number of carbonyl (C=O) groups is 1. The van der Waals surface area contributed by atoms with Crippen LogP contribution in [0.1, 0.15) is 51.0 Å². The summed E-state index contributed by atoms with van der Waals surface area (Å²) in [4.78, 5) is 12.8. The van der Waals surface area contributed by atoms with Gasteiger partial charge in [-0.2, -0.15) is 0 Å². The zero-order valence-corrected chi connectivity index (χ0v) is 13.5. The lowest BCUT2D eigenvalue weighted by molar-refractivity contribution is -0.124. The second kappa shape index (κ2) is 6.15. The predicted octanol–water partition coefficient (Wildman–Crippen LogP) is 3.73. The fraction of sp³-hybridized carbons (Fsp3) is 0.526. The van der Waals surface area contributed by atoms with E-state index in [0.717, 1.165) is 37.0 Å². The smallest absolute Gasteiger partial charge is 0.231 e. The van der Waals surface area contributed by atoms with E-state index in [0.29, 0.717) is 0 Å². The highest BCUT2D eigenvalue weighted by atomic mass is 16.5. The molecule has 118 valence electrons. The fourth-order valence-corrected chi connectivity index (χ4v) is 3.37.